The van der Waals surface area contributed by atoms with Crippen LogP contribution in [0.15, 0.2) is 93.8 Å². The molecule has 0 atom stereocenters. The van der Waals surface area contributed by atoms with Gasteiger partial charge in [0.05, 0.1) is 0 Å². The van der Waals surface area contributed by atoms with Crippen LogP contribution in [-0.4, -0.2) is 71.0 Å². The van der Waals surface area contributed by atoms with E-state index in [0.29, 0.717) is 10.3 Å². The van der Waals surface area contributed by atoms with Crippen LogP contribution in [-0.2, 0) is 47.6 Å². The second-order valence-electron chi connectivity index (χ2n) is 5.46. The van der Waals surface area contributed by atoms with E-state index in [9.17, 15) is 0 Å². The number of hydrogen-bond donors (Lipinski definition) is 0. The normalized spacial score (nSPS) is 11.2. The maximum absolute atomic E-state index is 4.92. The molecule has 2 heterocycles. The predicted molar refractivity (Wildman–Crippen MR) is 120 cm³/mol. The summed E-state index contributed by atoms with van der Waals surface area (Å²) in [6.45, 7) is 0. The Balaban J connectivity index is 0.000000213. The molecule has 0 aliphatic carbocycles. The molecule has 13 heteroatoms. The van der Waals surface area contributed by atoms with Gasteiger partial charge >= 0.3 is 201 Å². The Morgan fingerprint density at radius 1 is 0.677 bits per heavy atom. The van der Waals surface area contributed by atoms with Gasteiger partial charge in [-0.3, -0.25) is 0 Å². The molecule has 0 saturated carbocycles. The molecule has 4 aromatic rings. The van der Waals surface area contributed by atoms with E-state index in [1.54, 1.807) is 0 Å². The summed E-state index contributed by atoms with van der Waals surface area (Å²) < 4.78 is 4.41. The van der Waals surface area contributed by atoms with E-state index in [4.69, 9.17) is 25.3 Å². The summed E-state index contributed by atoms with van der Waals surface area (Å²) in [7, 11) is 0. The summed E-state index contributed by atoms with van der Waals surface area (Å²) in [5.74, 6) is 0. The Kier molecular flexibility index (Phi) is 10.7. The Labute approximate surface area is 222 Å². The SMILES string of the molecule is [Au].[S-]c1nncn1/N=C(\[Se])c1ccccc1.[S-]c1nncn1/N=C(\[Se])c1ccccc1. The Morgan fingerprint density at radius 2 is 1.03 bits per heavy atom. The van der Waals surface area contributed by atoms with Gasteiger partial charge in [0.2, 0.25) is 0 Å². The van der Waals surface area contributed by atoms with Crippen molar-refractivity contribution in [3.05, 3.63) is 84.4 Å². The monoisotopic (exact) mass is 761 g/mol. The zero-order valence-corrected chi connectivity index (χ0v) is 22.7. The molecule has 2 aromatic heterocycles. The molecule has 0 unspecified atom stereocenters. The van der Waals surface area contributed by atoms with E-state index in [0.717, 1.165) is 20.3 Å². The minimum atomic E-state index is 0. The summed E-state index contributed by atoms with van der Waals surface area (Å²) in [5.41, 5.74) is 2.00. The molecule has 0 amide bonds. The van der Waals surface area contributed by atoms with Crippen LogP contribution in [0.5, 0.6) is 0 Å². The molecule has 0 saturated heterocycles. The van der Waals surface area contributed by atoms with Crippen molar-refractivity contribution in [3.8, 4) is 0 Å². The van der Waals surface area contributed by atoms with Crippen LogP contribution in [0.2, 0.25) is 0 Å². The third-order valence-electron chi connectivity index (χ3n) is 3.44. The third kappa shape index (κ3) is 7.73. The van der Waals surface area contributed by atoms with Crippen molar-refractivity contribution in [2.45, 2.75) is 10.3 Å². The van der Waals surface area contributed by atoms with Crippen LogP contribution in [0.1, 0.15) is 11.1 Å². The molecule has 0 aliphatic rings. The topological polar surface area (TPSA) is 86.1 Å². The van der Waals surface area contributed by atoms with Gasteiger partial charge in [-0.25, -0.2) is 0 Å². The Morgan fingerprint density at radius 3 is 1.32 bits per heavy atom. The first-order chi connectivity index (χ1) is 14.5. The maximum atomic E-state index is 4.92. The molecule has 4 rings (SSSR count). The van der Waals surface area contributed by atoms with Gasteiger partial charge in [-0.1, -0.05) is 0 Å². The molecular weight excluding hydrogens is 747 g/mol. The first kappa shape index (κ1) is 25.5. The minimum absolute atomic E-state index is 0. The number of hydrogen-bond acceptors (Lipinski definition) is 8. The van der Waals surface area contributed by atoms with Crippen LogP contribution in [0.4, 0.5) is 0 Å². The summed E-state index contributed by atoms with van der Waals surface area (Å²) in [5, 5.41) is 23.8. The number of rotatable bonds is 4. The van der Waals surface area contributed by atoms with Crippen molar-refractivity contribution in [3.63, 3.8) is 0 Å². The van der Waals surface area contributed by atoms with Crippen molar-refractivity contribution < 1.29 is 22.4 Å². The van der Waals surface area contributed by atoms with E-state index in [1.165, 1.54) is 22.0 Å². The van der Waals surface area contributed by atoms with Gasteiger partial charge in [-0.05, 0) is 0 Å². The second-order valence-corrected chi connectivity index (χ2v) is 7.81. The van der Waals surface area contributed by atoms with Crippen molar-refractivity contribution in [2.24, 2.45) is 10.2 Å². The number of benzene rings is 2. The molecule has 0 fully saturated rings. The van der Waals surface area contributed by atoms with Gasteiger partial charge in [0, 0.05) is 22.4 Å². The summed E-state index contributed by atoms with van der Waals surface area (Å²) in [6.07, 6.45) is 2.95. The molecule has 31 heavy (non-hydrogen) atoms. The molecule has 0 N–H and O–H groups in total. The number of aromatic nitrogens is 6. The van der Waals surface area contributed by atoms with Crippen molar-refractivity contribution in [1.29, 1.82) is 0 Å². The first-order valence-corrected chi connectivity index (χ1v) is 10.8. The van der Waals surface area contributed by atoms with Gasteiger partial charge in [-0.15, -0.1) is 0 Å². The number of nitrogens with zero attached hydrogens (tertiary/aromatic N) is 8. The van der Waals surface area contributed by atoms with E-state index in [2.05, 4.69) is 62.6 Å². The molecule has 2 aromatic carbocycles. The average Bonchev–Trinajstić information content (AvgIpc) is 3.37. The standard InChI is InChI=1S/2C9H7N4SSe.Au/c2*14-9-11-10-6-13(9)12-8(15)7-4-2-1-3-5-7;/h2*1-6H,(H,11,14);/p-2/b2*12-8-;. The van der Waals surface area contributed by atoms with Crippen molar-refractivity contribution >= 4 is 66.5 Å². The molecule has 161 valence electrons. The molecular formula is C18H12AuN8S2Se2-2. The van der Waals surface area contributed by atoms with Gasteiger partial charge in [-0.2, -0.15) is 0 Å². The molecule has 8 nitrogen and oxygen atoms in total. The zero-order chi connectivity index (χ0) is 21.3. The Hall–Kier alpha value is -1.72. The molecule has 3 radical (unpaired) electrons. The van der Waals surface area contributed by atoms with E-state index in [1.807, 2.05) is 60.7 Å². The van der Waals surface area contributed by atoms with Crippen LogP contribution in [0.25, 0.3) is 0 Å². The summed E-state index contributed by atoms with van der Waals surface area (Å²) >= 11 is 15.6. The van der Waals surface area contributed by atoms with Gasteiger partial charge in [0.1, 0.15) is 0 Å². The van der Waals surface area contributed by atoms with Crippen molar-refractivity contribution in [1.82, 2.24) is 29.7 Å². The first-order valence-electron chi connectivity index (χ1n) is 8.31. The summed E-state index contributed by atoms with van der Waals surface area (Å²) in [6, 6.07) is 19.5. The zero-order valence-electron chi connectivity index (χ0n) is 15.4. The van der Waals surface area contributed by atoms with Gasteiger partial charge in [0.15, 0.2) is 0 Å². The van der Waals surface area contributed by atoms with Crippen molar-refractivity contribution in [2.75, 3.05) is 0 Å². The van der Waals surface area contributed by atoms with Crippen LogP contribution in [0, 0.1) is 0 Å². The quantitative estimate of drug-likeness (QED) is 0.176. The predicted octanol–water partition coefficient (Wildman–Crippen LogP) is 1.12. The third-order valence-corrected chi connectivity index (χ3v) is 5.31. The summed E-state index contributed by atoms with van der Waals surface area (Å²) in [4.78, 5) is 0. The van der Waals surface area contributed by atoms with Crippen LogP contribution >= 0.6 is 0 Å². The fraction of sp³-hybridized carbons (Fsp3) is 0. The van der Waals surface area contributed by atoms with Crippen LogP contribution < -0.4 is 0 Å². The van der Waals surface area contributed by atoms with Gasteiger partial charge in [0.25, 0.3) is 0 Å². The van der Waals surface area contributed by atoms with E-state index in [-0.39, 0.29) is 22.4 Å². The molecule has 0 bridgehead atoms. The van der Waals surface area contributed by atoms with Gasteiger partial charge < -0.3 is 0 Å². The Bertz CT molecular complexity index is 1060. The fourth-order valence-corrected chi connectivity index (χ4v) is 3.26. The van der Waals surface area contributed by atoms with Crippen LogP contribution in [0.3, 0.4) is 0 Å². The fourth-order valence-electron chi connectivity index (χ4n) is 2.05. The molecule has 0 aliphatic heterocycles. The average molecular weight is 759 g/mol. The van der Waals surface area contributed by atoms with E-state index < -0.39 is 0 Å². The van der Waals surface area contributed by atoms with E-state index >= 15 is 0 Å². The second kappa shape index (κ2) is 13.0. The molecule has 0 spiro atoms.